The lowest BCUT2D eigenvalue weighted by Gasteiger charge is -2.05. The second kappa shape index (κ2) is 6.50. The Morgan fingerprint density at radius 1 is 1.22 bits per heavy atom. The van der Waals surface area contributed by atoms with E-state index in [1.807, 2.05) is 42.5 Å². The van der Waals surface area contributed by atoms with E-state index in [1.54, 1.807) is 6.21 Å². The van der Waals surface area contributed by atoms with Gasteiger partial charge in [0, 0.05) is 5.69 Å². The molecule has 1 aromatic heterocycles. The summed E-state index contributed by atoms with van der Waals surface area (Å²) in [6.45, 7) is 0. The van der Waals surface area contributed by atoms with E-state index >= 15 is 0 Å². The number of para-hydroxylation sites is 1. The summed E-state index contributed by atoms with van der Waals surface area (Å²) in [5, 5.41) is 7.41. The van der Waals surface area contributed by atoms with Crippen LogP contribution in [-0.4, -0.2) is 11.3 Å². The van der Waals surface area contributed by atoms with Gasteiger partial charge in [-0.25, -0.2) is 0 Å². The molecule has 1 heterocycles. The van der Waals surface area contributed by atoms with Crippen LogP contribution in [0.2, 0.25) is 0 Å². The Balaban J connectivity index is 1.83. The van der Waals surface area contributed by atoms with Gasteiger partial charge in [-0.3, -0.25) is 5.43 Å². The highest BCUT2D eigenvalue weighted by atomic mass is 127. The van der Waals surface area contributed by atoms with Gasteiger partial charge in [0.25, 0.3) is 0 Å². The normalized spacial score (nSPS) is 10.5. The lowest BCUT2D eigenvalue weighted by molar-refractivity contribution is 0.531. The largest absolute Gasteiger partial charge is 0.449 e. The lowest BCUT2D eigenvalue weighted by atomic mass is 10.3. The Morgan fingerprint density at radius 3 is 2.67 bits per heavy atom. The van der Waals surface area contributed by atoms with Crippen molar-refractivity contribution in [2.75, 3.05) is 5.32 Å². The van der Waals surface area contributed by atoms with Gasteiger partial charge in [-0.15, -0.1) is 0 Å². The van der Waals surface area contributed by atoms with Crippen LogP contribution in [0.1, 0.15) is 5.76 Å². The number of hydrazone groups is 1. The number of rotatable bonds is 3. The van der Waals surface area contributed by atoms with Gasteiger partial charge in [-0.05, 0) is 59.1 Å². The van der Waals surface area contributed by atoms with E-state index in [-0.39, 0.29) is 0 Å². The van der Waals surface area contributed by atoms with Crippen molar-refractivity contribution in [1.82, 2.24) is 5.43 Å². The van der Waals surface area contributed by atoms with Gasteiger partial charge < -0.3 is 9.73 Å². The summed E-state index contributed by atoms with van der Waals surface area (Å²) < 4.78 is 6.14. The third kappa shape index (κ3) is 4.11. The number of nitrogens with zero attached hydrogens (tertiary/aromatic N) is 1. The van der Waals surface area contributed by atoms with Gasteiger partial charge in [0.1, 0.15) is 5.76 Å². The van der Waals surface area contributed by atoms with Crippen LogP contribution in [0, 0.1) is 3.77 Å². The Morgan fingerprint density at radius 2 is 2.00 bits per heavy atom. The van der Waals surface area contributed by atoms with Crippen LogP contribution in [0.15, 0.2) is 52.0 Å². The van der Waals surface area contributed by atoms with Crippen LogP contribution in [0.3, 0.4) is 0 Å². The quantitative estimate of drug-likeness (QED) is 0.377. The van der Waals surface area contributed by atoms with Crippen molar-refractivity contribution in [2.24, 2.45) is 5.10 Å². The predicted molar refractivity (Wildman–Crippen MR) is 84.8 cm³/mol. The Hall–Kier alpha value is -1.41. The number of benzene rings is 1. The third-order valence-electron chi connectivity index (χ3n) is 1.98. The molecule has 18 heavy (non-hydrogen) atoms. The zero-order valence-electron chi connectivity index (χ0n) is 9.26. The van der Waals surface area contributed by atoms with Crippen LogP contribution in [0.4, 0.5) is 5.69 Å². The van der Waals surface area contributed by atoms with Crippen molar-refractivity contribution in [3.8, 4) is 0 Å². The molecule has 2 rings (SSSR count). The second-order valence-electron chi connectivity index (χ2n) is 3.33. The van der Waals surface area contributed by atoms with E-state index < -0.39 is 0 Å². The van der Waals surface area contributed by atoms with Crippen LogP contribution >= 0.6 is 34.8 Å². The number of halogens is 1. The van der Waals surface area contributed by atoms with Crippen LogP contribution in [0.5, 0.6) is 0 Å². The Kier molecular flexibility index (Phi) is 4.71. The van der Waals surface area contributed by atoms with E-state index in [0.717, 1.165) is 9.45 Å². The molecule has 0 aliphatic rings. The van der Waals surface area contributed by atoms with E-state index in [4.69, 9.17) is 16.6 Å². The van der Waals surface area contributed by atoms with Gasteiger partial charge >= 0.3 is 0 Å². The highest BCUT2D eigenvalue weighted by molar-refractivity contribution is 14.1. The van der Waals surface area contributed by atoms with Crippen LogP contribution < -0.4 is 10.7 Å². The maximum absolute atomic E-state index is 5.32. The molecule has 0 unspecified atom stereocenters. The van der Waals surface area contributed by atoms with Gasteiger partial charge in [0.15, 0.2) is 8.88 Å². The first kappa shape index (κ1) is 13.0. The maximum Gasteiger partial charge on any atom is 0.191 e. The number of furan rings is 1. The molecule has 0 fully saturated rings. The summed E-state index contributed by atoms with van der Waals surface area (Å²) in [6.07, 6.45) is 1.57. The van der Waals surface area contributed by atoms with Crippen molar-refractivity contribution in [3.63, 3.8) is 0 Å². The SMILES string of the molecule is S=C(N/N=C/c1ccc(I)o1)Nc1ccccc1. The molecule has 2 aromatic rings. The molecule has 2 N–H and O–H groups in total. The number of nitrogens with one attached hydrogen (secondary N) is 2. The lowest BCUT2D eigenvalue weighted by Crippen LogP contribution is -2.23. The van der Waals surface area contributed by atoms with Crippen molar-refractivity contribution < 1.29 is 4.42 Å². The molecule has 0 aliphatic heterocycles. The number of hydrogen-bond donors (Lipinski definition) is 2. The fourth-order valence-electron chi connectivity index (χ4n) is 1.23. The molecule has 4 nitrogen and oxygen atoms in total. The van der Waals surface area contributed by atoms with E-state index in [2.05, 4.69) is 38.4 Å². The van der Waals surface area contributed by atoms with Crippen molar-refractivity contribution in [1.29, 1.82) is 0 Å². The summed E-state index contributed by atoms with van der Waals surface area (Å²) in [7, 11) is 0. The molecule has 0 radical (unpaired) electrons. The fourth-order valence-corrected chi connectivity index (χ4v) is 1.84. The Bertz CT molecular complexity index is 553. The summed E-state index contributed by atoms with van der Waals surface area (Å²) >= 11 is 7.18. The molecule has 0 amide bonds. The van der Waals surface area contributed by atoms with E-state index in [0.29, 0.717) is 10.9 Å². The van der Waals surface area contributed by atoms with Gasteiger partial charge in [-0.2, -0.15) is 5.10 Å². The average Bonchev–Trinajstić information content (AvgIpc) is 2.76. The van der Waals surface area contributed by atoms with Gasteiger partial charge in [-0.1, -0.05) is 18.2 Å². The first-order valence-electron chi connectivity index (χ1n) is 5.14. The molecular formula is C12H10IN3OS. The average molecular weight is 371 g/mol. The topological polar surface area (TPSA) is 49.6 Å². The Labute approximate surface area is 124 Å². The molecule has 0 bridgehead atoms. The molecular weight excluding hydrogens is 361 g/mol. The molecule has 0 spiro atoms. The molecule has 0 aliphatic carbocycles. The number of thiocarbonyl (C=S) groups is 1. The summed E-state index contributed by atoms with van der Waals surface area (Å²) in [5.74, 6) is 0.675. The minimum atomic E-state index is 0.429. The van der Waals surface area contributed by atoms with Crippen molar-refractivity contribution in [3.05, 3.63) is 52.0 Å². The van der Waals surface area contributed by atoms with Crippen LogP contribution in [-0.2, 0) is 0 Å². The first-order chi connectivity index (χ1) is 8.74. The van der Waals surface area contributed by atoms with Crippen molar-refractivity contribution in [2.45, 2.75) is 0 Å². The molecule has 0 saturated carbocycles. The molecule has 0 saturated heterocycles. The third-order valence-corrected chi connectivity index (χ3v) is 2.76. The highest BCUT2D eigenvalue weighted by Gasteiger charge is 1.96. The van der Waals surface area contributed by atoms with E-state index in [9.17, 15) is 0 Å². The van der Waals surface area contributed by atoms with Crippen LogP contribution in [0.25, 0.3) is 0 Å². The zero-order chi connectivity index (χ0) is 12.8. The molecule has 0 atom stereocenters. The minimum absolute atomic E-state index is 0.429. The first-order valence-corrected chi connectivity index (χ1v) is 6.63. The smallest absolute Gasteiger partial charge is 0.191 e. The number of anilines is 1. The highest BCUT2D eigenvalue weighted by Crippen LogP contribution is 2.07. The van der Waals surface area contributed by atoms with Gasteiger partial charge in [0.05, 0.1) is 6.21 Å². The fraction of sp³-hybridized carbons (Fsp3) is 0. The minimum Gasteiger partial charge on any atom is -0.449 e. The molecule has 1 aromatic carbocycles. The summed E-state index contributed by atoms with van der Waals surface area (Å²) in [4.78, 5) is 0. The van der Waals surface area contributed by atoms with Crippen molar-refractivity contribution >= 4 is 51.8 Å². The summed E-state index contributed by atoms with van der Waals surface area (Å²) in [6, 6.07) is 13.3. The molecule has 6 heteroatoms. The molecule has 92 valence electrons. The second-order valence-corrected chi connectivity index (χ2v) is 4.80. The maximum atomic E-state index is 5.32. The standard InChI is InChI=1S/C12H10IN3OS/c13-11-7-6-10(17-11)8-14-16-12(18)15-9-4-2-1-3-5-9/h1-8H,(H2,15,16,18)/b14-8+. The monoisotopic (exact) mass is 371 g/mol. The number of hydrogen-bond acceptors (Lipinski definition) is 3. The zero-order valence-corrected chi connectivity index (χ0v) is 12.2. The van der Waals surface area contributed by atoms with E-state index in [1.165, 1.54) is 0 Å². The van der Waals surface area contributed by atoms with Gasteiger partial charge in [0.2, 0.25) is 0 Å². The summed E-state index contributed by atoms with van der Waals surface area (Å²) in [5.41, 5.74) is 3.63. The predicted octanol–water partition coefficient (Wildman–Crippen LogP) is 3.20.